The summed E-state index contributed by atoms with van der Waals surface area (Å²) in [5, 5.41) is 0. The van der Waals surface area contributed by atoms with Crippen LogP contribution >= 0.6 is 0 Å². The quantitative estimate of drug-likeness (QED) is 0.650. The maximum absolute atomic E-state index is 5.61. The van der Waals surface area contributed by atoms with Crippen molar-refractivity contribution in [3.05, 3.63) is 96.1 Å². The van der Waals surface area contributed by atoms with Gasteiger partial charge < -0.3 is 9.47 Å². The molecule has 0 unspecified atom stereocenters. The third-order valence-electron chi connectivity index (χ3n) is 3.46. The SMILES string of the molecule is C(#Cc1ccccc1)COc1ccc(OCC#Cc2ccccc2)cc1. The van der Waals surface area contributed by atoms with Crippen LogP contribution in [0.2, 0.25) is 0 Å². The minimum atomic E-state index is 0.345. The molecule has 0 atom stereocenters. The molecule has 26 heavy (non-hydrogen) atoms. The molecular formula is C24H18O2. The van der Waals surface area contributed by atoms with Crippen molar-refractivity contribution in [1.82, 2.24) is 0 Å². The zero-order chi connectivity index (χ0) is 17.9. The summed E-state index contributed by atoms with van der Waals surface area (Å²) in [5.41, 5.74) is 1.97. The molecule has 0 radical (unpaired) electrons. The van der Waals surface area contributed by atoms with Crippen molar-refractivity contribution in [3.8, 4) is 35.2 Å². The van der Waals surface area contributed by atoms with E-state index in [9.17, 15) is 0 Å². The second-order valence-electron chi connectivity index (χ2n) is 5.38. The Kier molecular flexibility index (Phi) is 6.37. The fourth-order valence-electron chi connectivity index (χ4n) is 2.19. The predicted octanol–water partition coefficient (Wildman–Crippen LogP) is 4.55. The summed E-state index contributed by atoms with van der Waals surface area (Å²) in [7, 11) is 0. The summed E-state index contributed by atoms with van der Waals surface area (Å²) in [6.07, 6.45) is 0. The fraction of sp³-hybridized carbons (Fsp3) is 0.0833. The molecule has 0 aliphatic rings. The molecule has 0 heterocycles. The summed E-state index contributed by atoms with van der Waals surface area (Å²) in [4.78, 5) is 0. The van der Waals surface area contributed by atoms with Crippen molar-refractivity contribution < 1.29 is 9.47 Å². The van der Waals surface area contributed by atoms with Gasteiger partial charge in [-0.2, -0.15) is 0 Å². The normalized spacial score (nSPS) is 9.23. The van der Waals surface area contributed by atoms with Gasteiger partial charge in [-0.15, -0.1) is 0 Å². The second kappa shape index (κ2) is 9.62. The van der Waals surface area contributed by atoms with E-state index in [-0.39, 0.29) is 0 Å². The topological polar surface area (TPSA) is 18.5 Å². The molecule has 2 nitrogen and oxygen atoms in total. The van der Waals surface area contributed by atoms with Crippen molar-refractivity contribution in [1.29, 1.82) is 0 Å². The molecule has 0 aliphatic heterocycles. The standard InChI is InChI=1S/C24H18O2/c1-3-9-21(10-4-1)13-7-19-25-23-15-17-24(18-16-23)26-20-8-14-22-11-5-2-6-12-22/h1-6,9-12,15-18H,19-20H2. The molecule has 0 N–H and O–H groups in total. The first-order valence-electron chi connectivity index (χ1n) is 8.34. The van der Waals surface area contributed by atoms with Crippen LogP contribution in [0.25, 0.3) is 0 Å². The Morgan fingerprint density at radius 3 is 1.27 bits per heavy atom. The van der Waals surface area contributed by atoms with E-state index in [1.807, 2.05) is 84.9 Å². The Hall–Kier alpha value is -3.62. The molecule has 0 aromatic heterocycles. The van der Waals surface area contributed by atoms with Crippen molar-refractivity contribution in [2.45, 2.75) is 0 Å². The smallest absolute Gasteiger partial charge is 0.149 e. The first-order chi connectivity index (χ1) is 12.9. The molecule has 0 spiro atoms. The first kappa shape index (κ1) is 17.2. The van der Waals surface area contributed by atoms with E-state index >= 15 is 0 Å². The molecule has 0 fully saturated rings. The van der Waals surface area contributed by atoms with E-state index in [1.54, 1.807) is 0 Å². The maximum atomic E-state index is 5.61. The highest BCUT2D eigenvalue weighted by Gasteiger charge is 1.95. The highest BCUT2D eigenvalue weighted by molar-refractivity contribution is 5.36. The van der Waals surface area contributed by atoms with Gasteiger partial charge >= 0.3 is 0 Å². The summed E-state index contributed by atoms with van der Waals surface area (Å²) >= 11 is 0. The third-order valence-corrected chi connectivity index (χ3v) is 3.46. The summed E-state index contributed by atoms with van der Waals surface area (Å²) in [5.74, 6) is 13.6. The van der Waals surface area contributed by atoms with E-state index in [4.69, 9.17) is 9.47 Å². The van der Waals surface area contributed by atoms with Crippen LogP contribution in [-0.2, 0) is 0 Å². The van der Waals surface area contributed by atoms with Crippen LogP contribution in [0.4, 0.5) is 0 Å². The molecule has 3 aromatic carbocycles. The zero-order valence-electron chi connectivity index (χ0n) is 14.3. The number of ether oxygens (including phenoxy) is 2. The minimum Gasteiger partial charge on any atom is -0.481 e. The van der Waals surface area contributed by atoms with Gasteiger partial charge in [0, 0.05) is 11.1 Å². The van der Waals surface area contributed by atoms with Crippen molar-refractivity contribution in [2.75, 3.05) is 13.2 Å². The number of hydrogen-bond donors (Lipinski definition) is 0. The Bertz CT molecular complexity index is 841. The maximum Gasteiger partial charge on any atom is 0.149 e. The molecule has 3 rings (SSSR count). The lowest BCUT2D eigenvalue weighted by atomic mass is 10.2. The molecular weight excluding hydrogens is 320 g/mol. The average molecular weight is 338 g/mol. The van der Waals surface area contributed by atoms with E-state index in [0.717, 1.165) is 22.6 Å². The molecule has 0 saturated heterocycles. The van der Waals surface area contributed by atoms with Gasteiger partial charge in [0.25, 0.3) is 0 Å². The Balaban J connectivity index is 1.44. The van der Waals surface area contributed by atoms with Crippen LogP contribution in [-0.4, -0.2) is 13.2 Å². The minimum absolute atomic E-state index is 0.345. The van der Waals surface area contributed by atoms with E-state index in [0.29, 0.717) is 13.2 Å². The molecule has 0 bridgehead atoms. The molecule has 126 valence electrons. The Morgan fingerprint density at radius 2 is 0.885 bits per heavy atom. The summed E-state index contributed by atoms with van der Waals surface area (Å²) < 4.78 is 11.2. The lowest BCUT2D eigenvalue weighted by Crippen LogP contribution is -1.96. The second-order valence-corrected chi connectivity index (χ2v) is 5.38. The van der Waals surface area contributed by atoms with Crippen molar-refractivity contribution in [2.24, 2.45) is 0 Å². The van der Waals surface area contributed by atoms with Gasteiger partial charge in [0.2, 0.25) is 0 Å². The fourth-order valence-corrected chi connectivity index (χ4v) is 2.19. The van der Waals surface area contributed by atoms with Crippen LogP contribution < -0.4 is 9.47 Å². The number of hydrogen-bond acceptors (Lipinski definition) is 2. The van der Waals surface area contributed by atoms with Crippen LogP contribution in [0.3, 0.4) is 0 Å². The van der Waals surface area contributed by atoms with Gasteiger partial charge in [0.05, 0.1) is 0 Å². The molecule has 0 amide bonds. The molecule has 3 aromatic rings. The number of benzene rings is 3. The monoisotopic (exact) mass is 338 g/mol. The first-order valence-corrected chi connectivity index (χ1v) is 8.34. The molecule has 0 saturated carbocycles. The van der Waals surface area contributed by atoms with E-state index in [1.165, 1.54) is 0 Å². The Labute approximate surface area is 154 Å². The molecule has 0 aliphatic carbocycles. The van der Waals surface area contributed by atoms with E-state index < -0.39 is 0 Å². The van der Waals surface area contributed by atoms with Gasteiger partial charge in [-0.25, -0.2) is 0 Å². The average Bonchev–Trinajstić information content (AvgIpc) is 2.71. The van der Waals surface area contributed by atoms with Crippen LogP contribution in [0.1, 0.15) is 11.1 Å². The van der Waals surface area contributed by atoms with Crippen molar-refractivity contribution in [3.63, 3.8) is 0 Å². The zero-order valence-corrected chi connectivity index (χ0v) is 14.3. The summed E-state index contributed by atoms with van der Waals surface area (Å²) in [6.45, 7) is 0.690. The van der Waals surface area contributed by atoms with Gasteiger partial charge in [-0.05, 0) is 48.5 Å². The molecule has 2 heteroatoms. The predicted molar refractivity (Wildman–Crippen MR) is 104 cm³/mol. The largest absolute Gasteiger partial charge is 0.481 e. The number of rotatable bonds is 4. The van der Waals surface area contributed by atoms with Gasteiger partial charge in [0.1, 0.15) is 24.7 Å². The summed E-state index contributed by atoms with van der Waals surface area (Å²) in [6, 6.07) is 27.2. The lowest BCUT2D eigenvalue weighted by Gasteiger charge is -2.04. The Morgan fingerprint density at radius 1 is 0.500 bits per heavy atom. The third kappa shape index (κ3) is 5.78. The lowest BCUT2D eigenvalue weighted by molar-refractivity contribution is 0.360. The van der Waals surface area contributed by atoms with Gasteiger partial charge in [0.15, 0.2) is 0 Å². The highest BCUT2D eigenvalue weighted by atomic mass is 16.5. The van der Waals surface area contributed by atoms with Crippen LogP contribution in [0.5, 0.6) is 11.5 Å². The van der Waals surface area contributed by atoms with Crippen molar-refractivity contribution >= 4 is 0 Å². The highest BCUT2D eigenvalue weighted by Crippen LogP contribution is 2.17. The van der Waals surface area contributed by atoms with Crippen LogP contribution in [0, 0.1) is 23.7 Å². The van der Waals surface area contributed by atoms with E-state index in [2.05, 4.69) is 23.7 Å². The van der Waals surface area contributed by atoms with Gasteiger partial charge in [-0.1, -0.05) is 60.1 Å². The van der Waals surface area contributed by atoms with Crippen LogP contribution in [0.15, 0.2) is 84.9 Å². The van der Waals surface area contributed by atoms with Gasteiger partial charge in [-0.3, -0.25) is 0 Å².